The normalized spacial score (nSPS) is 14.4. The van der Waals surface area contributed by atoms with Crippen molar-refractivity contribution in [1.82, 2.24) is 0 Å². The second-order valence-electron chi connectivity index (χ2n) is 9.52. The van der Waals surface area contributed by atoms with Crippen molar-refractivity contribution in [1.29, 1.82) is 5.26 Å². The van der Waals surface area contributed by atoms with Gasteiger partial charge in [-0.25, -0.2) is 0 Å². The lowest BCUT2D eigenvalue weighted by Gasteiger charge is -2.25. The molecule has 1 aliphatic heterocycles. The van der Waals surface area contributed by atoms with Gasteiger partial charge in [-0.05, 0) is 55.3 Å². The van der Waals surface area contributed by atoms with E-state index >= 15 is 0 Å². The van der Waals surface area contributed by atoms with Gasteiger partial charge in [0.1, 0.15) is 23.2 Å². The van der Waals surface area contributed by atoms with Crippen molar-refractivity contribution in [3.63, 3.8) is 0 Å². The van der Waals surface area contributed by atoms with E-state index in [4.69, 9.17) is 4.74 Å². The molecule has 1 aromatic heterocycles. The molecule has 0 saturated heterocycles. The molecule has 202 valence electrons. The molecule has 0 saturated carbocycles. The molecule has 0 spiro atoms. The van der Waals surface area contributed by atoms with E-state index in [-0.39, 0.29) is 16.9 Å². The van der Waals surface area contributed by atoms with Crippen LogP contribution in [0, 0.1) is 18.3 Å². The molecule has 0 unspecified atom stereocenters. The predicted molar refractivity (Wildman–Crippen MR) is 154 cm³/mol. The largest absolute Gasteiger partial charge is 0.456 e. The van der Waals surface area contributed by atoms with Crippen molar-refractivity contribution in [2.75, 3.05) is 11.4 Å². The summed E-state index contributed by atoms with van der Waals surface area (Å²) in [7, 11) is 0. The third-order valence-corrected chi connectivity index (χ3v) is 7.29. The number of rotatable bonds is 10. The summed E-state index contributed by atoms with van der Waals surface area (Å²) >= 11 is 1.23. The summed E-state index contributed by atoms with van der Waals surface area (Å²) < 4.78 is 46.3. The number of hydrogen-bond donors (Lipinski definition) is 0. The highest BCUT2D eigenvalue weighted by Gasteiger charge is 2.38. The molecule has 7 heteroatoms. The third kappa shape index (κ3) is 7.21. The second-order valence-corrected chi connectivity index (χ2v) is 10.3. The molecule has 0 aliphatic carbocycles. The van der Waals surface area contributed by atoms with Crippen molar-refractivity contribution < 1.29 is 17.9 Å². The zero-order valence-electron chi connectivity index (χ0n) is 22.1. The van der Waals surface area contributed by atoms with Gasteiger partial charge in [-0.1, -0.05) is 68.5 Å². The topological polar surface area (TPSA) is 36.3 Å². The summed E-state index contributed by atoms with van der Waals surface area (Å²) in [5, 5.41) is 12.4. The number of halogens is 3. The van der Waals surface area contributed by atoms with E-state index in [0.29, 0.717) is 5.75 Å². The fourth-order valence-corrected chi connectivity index (χ4v) is 5.20. The fraction of sp³-hybridized carbons (Fsp3) is 0.281. The highest BCUT2D eigenvalue weighted by Crippen LogP contribution is 2.42. The maximum atomic E-state index is 13.5. The SMILES string of the molecule is CCCCCCCN(c1ccc(C)cc1)c1ccc(/C=C/C2=CC(=C(/C#N)C(F)(F)F)/c3cscc3O2)cc1. The number of nitrogens with zero attached hydrogens (tertiary/aromatic N) is 2. The average Bonchev–Trinajstić information content (AvgIpc) is 3.39. The minimum absolute atomic E-state index is 0.171. The molecule has 0 bridgehead atoms. The first-order valence-corrected chi connectivity index (χ1v) is 14.0. The Balaban J connectivity index is 1.55. The lowest BCUT2D eigenvalue weighted by molar-refractivity contribution is -0.0867. The number of aryl methyl sites for hydroxylation is 1. The molecule has 0 fully saturated rings. The summed E-state index contributed by atoms with van der Waals surface area (Å²) in [4.78, 5) is 2.32. The molecular weight excluding hydrogens is 517 g/mol. The number of alkyl halides is 3. The van der Waals surface area contributed by atoms with Gasteiger partial charge in [0.2, 0.25) is 0 Å². The van der Waals surface area contributed by atoms with Crippen LogP contribution in [0.4, 0.5) is 24.5 Å². The van der Waals surface area contributed by atoms with E-state index in [1.807, 2.05) is 12.1 Å². The van der Waals surface area contributed by atoms with Crippen molar-refractivity contribution in [2.24, 2.45) is 0 Å². The minimum Gasteiger partial charge on any atom is -0.456 e. The van der Waals surface area contributed by atoms with Crippen LogP contribution >= 0.6 is 11.3 Å². The highest BCUT2D eigenvalue weighted by molar-refractivity contribution is 7.08. The first-order valence-electron chi connectivity index (χ1n) is 13.1. The van der Waals surface area contributed by atoms with Crippen LogP contribution in [-0.4, -0.2) is 12.7 Å². The van der Waals surface area contributed by atoms with E-state index in [1.54, 1.807) is 22.9 Å². The number of benzene rings is 2. The maximum Gasteiger partial charge on any atom is 0.426 e. The predicted octanol–water partition coefficient (Wildman–Crippen LogP) is 9.99. The molecule has 0 atom stereocenters. The summed E-state index contributed by atoms with van der Waals surface area (Å²) in [6.07, 6.45) is 5.96. The molecule has 3 aromatic rings. The summed E-state index contributed by atoms with van der Waals surface area (Å²) in [6.45, 7) is 5.21. The number of thiophene rings is 1. The monoisotopic (exact) mass is 548 g/mol. The Bertz CT molecular complexity index is 1390. The number of nitriles is 1. The Morgan fingerprint density at radius 3 is 2.26 bits per heavy atom. The number of ether oxygens (including phenoxy) is 1. The highest BCUT2D eigenvalue weighted by atomic mass is 32.1. The fourth-order valence-electron chi connectivity index (χ4n) is 4.45. The van der Waals surface area contributed by atoms with E-state index in [1.165, 1.54) is 54.7 Å². The number of anilines is 2. The van der Waals surface area contributed by atoms with Gasteiger partial charge in [0.05, 0.1) is 0 Å². The molecule has 2 aromatic carbocycles. The van der Waals surface area contributed by atoms with Crippen LogP contribution in [0.25, 0.3) is 11.6 Å². The third-order valence-electron chi connectivity index (χ3n) is 6.57. The number of allylic oxidation sites excluding steroid dienone is 4. The molecule has 1 aliphatic rings. The van der Waals surface area contributed by atoms with Gasteiger partial charge in [-0.15, -0.1) is 11.3 Å². The molecule has 4 rings (SSSR count). The zero-order chi connectivity index (χ0) is 27.8. The van der Waals surface area contributed by atoms with E-state index in [0.717, 1.165) is 29.9 Å². The Kier molecular flexibility index (Phi) is 9.32. The molecule has 3 nitrogen and oxygen atoms in total. The Morgan fingerprint density at radius 2 is 1.62 bits per heavy atom. The van der Waals surface area contributed by atoms with Crippen molar-refractivity contribution in [2.45, 2.75) is 52.1 Å². The number of hydrogen-bond acceptors (Lipinski definition) is 4. The van der Waals surface area contributed by atoms with Gasteiger partial charge in [0.15, 0.2) is 0 Å². The van der Waals surface area contributed by atoms with Crippen LogP contribution in [0.5, 0.6) is 5.75 Å². The Morgan fingerprint density at radius 1 is 0.949 bits per heavy atom. The molecule has 0 N–H and O–H groups in total. The number of fused-ring (bicyclic) bond motifs is 1. The summed E-state index contributed by atoms with van der Waals surface area (Å²) in [6, 6.07) is 17.9. The standard InChI is InChI=1S/C32H31F3N2OS/c1-3-4-5-6-7-18-37(25-13-8-23(2)9-14-25)26-15-10-24(11-16-26)12-17-27-19-28(30(20-36)32(33,34)35)29-21-39-22-31(29)38-27/h8-17,19,21-22H,3-7,18H2,1-2H3/b17-12+,30-28+. The van der Waals surface area contributed by atoms with Crippen molar-refractivity contribution in [3.8, 4) is 11.8 Å². The van der Waals surface area contributed by atoms with Crippen LogP contribution in [-0.2, 0) is 0 Å². The van der Waals surface area contributed by atoms with Gasteiger partial charge in [0, 0.05) is 39.8 Å². The van der Waals surface area contributed by atoms with Crippen molar-refractivity contribution >= 4 is 34.4 Å². The van der Waals surface area contributed by atoms with Crippen LogP contribution in [0.15, 0.2) is 82.8 Å². The van der Waals surface area contributed by atoms with Crippen LogP contribution in [0.3, 0.4) is 0 Å². The molecule has 39 heavy (non-hydrogen) atoms. The minimum atomic E-state index is -4.75. The van der Waals surface area contributed by atoms with Crippen LogP contribution < -0.4 is 9.64 Å². The molecular formula is C32H31F3N2OS. The number of unbranched alkanes of at least 4 members (excludes halogenated alkanes) is 4. The zero-order valence-corrected chi connectivity index (χ0v) is 22.9. The van der Waals surface area contributed by atoms with Crippen LogP contribution in [0.1, 0.15) is 55.7 Å². The lowest BCUT2D eigenvalue weighted by atomic mass is 9.99. The summed E-state index contributed by atoms with van der Waals surface area (Å²) in [5.74, 6) is 0.558. The quantitative estimate of drug-likeness (QED) is 0.187. The van der Waals surface area contributed by atoms with E-state index < -0.39 is 11.7 Å². The first-order chi connectivity index (χ1) is 18.8. The molecule has 0 amide bonds. The maximum absolute atomic E-state index is 13.5. The van der Waals surface area contributed by atoms with E-state index in [2.05, 4.69) is 55.1 Å². The Labute approximate surface area is 232 Å². The van der Waals surface area contributed by atoms with Gasteiger partial charge in [-0.2, -0.15) is 18.4 Å². The second kappa shape index (κ2) is 12.9. The van der Waals surface area contributed by atoms with Crippen LogP contribution in [0.2, 0.25) is 0 Å². The van der Waals surface area contributed by atoms with E-state index in [9.17, 15) is 18.4 Å². The Hall–Kier alpha value is -3.76. The van der Waals surface area contributed by atoms with Gasteiger partial charge < -0.3 is 9.64 Å². The summed E-state index contributed by atoms with van der Waals surface area (Å²) in [5.41, 5.74) is 3.20. The van der Waals surface area contributed by atoms with Gasteiger partial charge in [0.25, 0.3) is 0 Å². The van der Waals surface area contributed by atoms with Gasteiger partial charge in [-0.3, -0.25) is 0 Å². The average molecular weight is 549 g/mol. The molecule has 2 heterocycles. The first kappa shape index (κ1) is 28.3. The van der Waals surface area contributed by atoms with Gasteiger partial charge >= 0.3 is 6.18 Å². The van der Waals surface area contributed by atoms with Crippen molar-refractivity contribution in [3.05, 3.63) is 99.5 Å². The molecule has 0 radical (unpaired) electrons. The lowest BCUT2D eigenvalue weighted by Crippen LogP contribution is -2.18. The smallest absolute Gasteiger partial charge is 0.426 e.